The number of morpholine rings is 1. The van der Waals surface area contributed by atoms with Crippen LogP contribution in [-0.2, 0) is 4.74 Å². The van der Waals surface area contributed by atoms with Crippen molar-refractivity contribution in [1.29, 1.82) is 0 Å². The molecule has 1 aliphatic rings. The zero-order chi connectivity index (χ0) is 14.8. The molecular weight excluding hydrogens is 273 g/mol. The van der Waals surface area contributed by atoms with Gasteiger partial charge in [0.2, 0.25) is 5.89 Å². The van der Waals surface area contributed by atoms with Gasteiger partial charge < -0.3 is 9.26 Å². The fourth-order valence-corrected chi connectivity index (χ4v) is 2.54. The Bertz CT molecular complexity index is 599. The minimum absolute atomic E-state index is 0.0399. The van der Waals surface area contributed by atoms with Gasteiger partial charge in [-0.1, -0.05) is 17.3 Å². The lowest BCUT2D eigenvalue weighted by Gasteiger charge is -2.35. The van der Waals surface area contributed by atoms with Crippen molar-refractivity contribution in [3.8, 4) is 0 Å². The Labute approximate surface area is 122 Å². The molecule has 2 heterocycles. The number of rotatable bonds is 3. The Hall–Kier alpha value is -1.79. The number of ether oxygens (including phenoxy) is 1. The Morgan fingerprint density at radius 1 is 1.33 bits per heavy atom. The molecule has 0 N–H and O–H groups in total. The van der Waals surface area contributed by atoms with Crippen molar-refractivity contribution < 1.29 is 13.7 Å². The molecule has 0 saturated carbocycles. The molecule has 0 bridgehead atoms. The molecule has 112 valence electrons. The number of benzene rings is 1. The Morgan fingerprint density at radius 3 is 2.76 bits per heavy atom. The highest BCUT2D eigenvalue weighted by molar-refractivity contribution is 5.19. The summed E-state index contributed by atoms with van der Waals surface area (Å²) in [4.78, 5) is 6.53. The van der Waals surface area contributed by atoms with Crippen LogP contribution in [0.2, 0.25) is 0 Å². The fourth-order valence-electron chi connectivity index (χ4n) is 2.54. The molecule has 5 nitrogen and oxygen atoms in total. The van der Waals surface area contributed by atoms with Crippen molar-refractivity contribution in [3.63, 3.8) is 0 Å². The van der Waals surface area contributed by atoms with Gasteiger partial charge in [-0.3, -0.25) is 4.90 Å². The fraction of sp³-hybridized carbons (Fsp3) is 0.467. The van der Waals surface area contributed by atoms with E-state index in [0.29, 0.717) is 24.9 Å². The normalized spacial score (nSPS) is 21.4. The van der Waals surface area contributed by atoms with E-state index in [0.717, 1.165) is 12.1 Å². The average Bonchev–Trinajstić information content (AvgIpc) is 2.94. The van der Waals surface area contributed by atoms with E-state index in [4.69, 9.17) is 9.26 Å². The standard InChI is InChI=1S/C15H18FN3O2/c1-10(15-17-11(2)18-21-15)19-7-8-20-14(9-19)12-3-5-13(16)6-4-12/h3-6,10,14H,7-9H2,1-2H3. The van der Waals surface area contributed by atoms with Crippen LogP contribution in [0, 0.1) is 12.7 Å². The van der Waals surface area contributed by atoms with Crippen molar-refractivity contribution in [2.24, 2.45) is 0 Å². The van der Waals surface area contributed by atoms with Gasteiger partial charge >= 0.3 is 0 Å². The van der Waals surface area contributed by atoms with Gasteiger partial charge in [0.15, 0.2) is 5.82 Å². The molecule has 3 rings (SSSR count). The van der Waals surface area contributed by atoms with Gasteiger partial charge in [0.1, 0.15) is 5.82 Å². The van der Waals surface area contributed by atoms with Gasteiger partial charge in [-0.15, -0.1) is 0 Å². The first-order chi connectivity index (χ1) is 10.1. The van der Waals surface area contributed by atoms with E-state index in [1.54, 1.807) is 19.1 Å². The van der Waals surface area contributed by atoms with Crippen molar-refractivity contribution in [3.05, 3.63) is 47.4 Å². The third-order valence-corrected chi connectivity index (χ3v) is 3.79. The van der Waals surface area contributed by atoms with E-state index in [1.165, 1.54) is 12.1 Å². The molecule has 2 aromatic rings. The Morgan fingerprint density at radius 2 is 2.10 bits per heavy atom. The molecule has 0 amide bonds. The van der Waals surface area contributed by atoms with Gasteiger partial charge in [-0.05, 0) is 31.5 Å². The molecule has 6 heteroatoms. The Kier molecular flexibility index (Phi) is 3.98. The average molecular weight is 291 g/mol. The largest absolute Gasteiger partial charge is 0.371 e. The predicted molar refractivity (Wildman–Crippen MR) is 74.1 cm³/mol. The van der Waals surface area contributed by atoms with Crippen LogP contribution in [0.1, 0.15) is 36.3 Å². The number of hydrogen-bond acceptors (Lipinski definition) is 5. The second-order valence-corrected chi connectivity index (χ2v) is 5.26. The lowest BCUT2D eigenvalue weighted by molar-refractivity contribution is -0.0469. The minimum Gasteiger partial charge on any atom is -0.371 e. The van der Waals surface area contributed by atoms with Gasteiger partial charge in [0, 0.05) is 13.1 Å². The summed E-state index contributed by atoms with van der Waals surface area (Å²) in [6.45, 7) is 5.99. The molecule has 2 atom stereocenters. The highest BCUT2D eigenvalue weighted by atomic mass is 19.1. The van der Waals surface area contributed by atoms with Gasteiger partial charge in [-0.2, -0.15) is 4.98 Å². The summed E-state index contributed by atoms with van der Waals surface area (Å²) in [5.74, 6) is 1.02. The minimum atomic E-state index is -0.235. The zero-order valence-electron chi connectivity index (χ0n) is 12.1. The van der Waals surface area contributed by atoms with Crippen LogP contribution in [0.3, 0.4) is 0 Å². The summed E-state index contributed by atoms with van der Waals surface area (Å²) in [6, 6.07) is 6.50. The van der Waals surface area contributed by atoms with Crippen LogP contribution >= 0.6 is 0 Å². The van der Waals surface area contributed by atoms with E-state index in [2.05, 4.69) is 15.0 Å². The first kappa shape index (κ1) is 14.2. The highest BCUT2D eigenvalue weighted by Crippen LogP contribution is 2.28. The molecule has 1 aromatic heterocycles. The monoisotopic (exact) mass is 291 g/mol. The molecule has 0 radical (unpaired) electrons. The van der Waals surface area contributed by atoms with E-state index in [9.17, 15) is 4.39 Å². The van der Waals surface area contributed by atoms with Crippen LogP contribution in [-0.4, -0.2) is 34.7 Å². The first-order valence-electron chi connectivity index (χ1n) is 7.05. The van der Waals surface area contributed by atoms with E-state index < -0.39 is 0 Å². The third kappa shape index (κ3) is 3.11. The van der Waals surface area contributed by atoms with Crippen LogP contribution in [0.4, 0.5) is 4.39 Å². The van der Waals surface area contributed by atoms with E-state index in [1.807, 2.05) is 6.92 Å². The lowest BCUT2D eigenvalue weighted by atomic mass is 10.1. The molecule has 1 aliphatic heterocycles. The van der Waals surface area contributed by atoms with Gasteiger partial charge in [0.25, 0.3) is 0 Å². The highest BCUT2D eigenvalue weighted by Gasteiger charge is 2.28. The van der Waals surface area contributed by atoms with Crippen molar-refractivity contribution >= 4 is 0 Å². The number of aryl methyl sites for hydroxylation is 1. The number of hydrogen-bond donors (Lipinski definition) is 0. The smallest absolute Gasteiger partial charge is 0.243 e. The van der Waals surface area contributed by atoms with Crippen LogP contribution in [0.25, 0.3) is 0 Å². The quantitative estimate of drug-likeness (QED) is 0.870. The summed E-state index contributed by atoms with van der Waals surface area (Å²) >= 11 is 0. The van der Waals surface area contributed by atoms with Crippen LogP contribution < -0.4 is 0 Å². The molecule has 1 saturated heterocycles. The Balaban J connectivity index is 1.72. The third-order valence-electron chi connectivity index (χ3n) is 3.79. The summed E-state index contributed by atoms with van der Waals surface area (Å²) in [6.07, 6.45) is -0.0641. The van der Waals surface area contributed by atoms with Gasteiger partial charge in [0.05, 0.1) is 18.8 Å². The maximum Gasteiger partial charge on any atom is 0.243 e. The maximum atomic E-state index is 13.0. The molecule has 2 unspecified atom stereocenters. The lowest BCUT2D eigenvalue weighted by Crippen LogP contribution is -2.40. The molecule has 1 fully saturated rings. The zero-order valence-corrected chi connectivity index (χ0v) is 12.1. The summed E-state index contributed by atoms with van der Waals surface area (Å²) in [7, 11) is 0. The van der Waals surface area contributed by atoms with E-state index in [-0.39, 0.29) is 18.0 Å². The first-order valence-corrected chi connectivity index (χ1v) is 7.05. The summed E-state index contributed by atoms with van der Waals surface area (Å²) in [5.41, 5.74) is 0.981. The van der Waals surface area contributed by atoms with Gasteiger partial charge in [-0.25, -0.2) is 4.39 Å². The van der Waals surface area contributed by atoms with Crippen molar-refractivity contribution in [2.75, 3.05) is 19.7 Å². The van der Waals surface area contributed by atoms with Crippen LogP contribution in [0.15, 0.2) is 28.8 Å². The van der Waals surface area contributed by atoms with E-state index >= 15 is 0 Å². The van der Waals surface area contributed by atoms with Crippen molar-refractivity contribution in [2.45, 2.75) is 26.0 Å². The number of halogens is 1. The number of nitrogens with zero attached hydrogens (tertiary/aromatic N) is 3. The summed E-state index contributed by atoms with van der Waals surface area (Å²) in [5, 5.41) is 3.83. The molecule has 21 heavy (non-hydrogen) atoms. The topological polar surface area (TPSA) is 51.4 Å². The second kappa shape index (κ2) is 5.91. The maximum absolute atomic E-state index is 13.0. The predicted octanol–water partition coefficient (Wildman–Crippen LogP) is 2.65. The molecule has 1 aromatic carbocycles. The molecule has 0 aliphatic carbocycles. The van der Waals surface area contributed by atoms with Crippen LogP contribution in [0.5, 0.6) is 0 Å². The second-order valence-electron chi connectivity index (χ2n) is 5.26. The molecule has 0 spiro atoms. The van der Waals surface area contributed by atoms with Crippen molar-refractivity contribution in [1.82, 2.24) is 15.0 Å². The summed E-state index contributed by atoms with van der Waals surface area (Å²) < 4.78 is 24.0. The molecular formula is C15H18FN3O2. The number of aromatic nitrogens is 2. The SMILES string of the molecule is Cc1noc(C(C)N2CCOC(c3ccc(F)cc3)C2)n1.